The van der Waals surface area contributed by atoms with Gasteiger partial charge in [-0.25, -0.2) is 4.98 Å². The number of rotatable bonds is 5. The number of hydrogen-bond acceptors (Lipinski definition) is 5. The largest absolute Gasteiger partial charge is 0.486 e. The van der Waals surface area contributed by atoms with Crippen LogP contribution in [0.3, 0.4) is 0 Å². The molecule has 0 atom stereocenters. The van der Waals surface area contributed by atoms with Crippen molar-refractivity contribution in [2.24, 2.45) is 0 Å². The van der Waals surface area contributed by atoms with Gasteiger partial charge in [0.15, 0.2) is 17.3 Å². The Labute approximate surface area is 117 Å². The highest BCUT2D eigenvalue weighted by molar-refractivity contribution is 5.62. The smallest absolute Gasteiger partial charge is 0.208 e. The molecule has 106 valence electrons. The molecule has 1 aliphatic heterocycles. The molecule has 0 unspecified atom stereocenters. The summed E-state index contributed by atoms with van der Waals surface area (Å²) >= 11 is 0. The monoisotopic (exact) mass is 274 g/mol. The lowest BCUT2D eigenvalue weighted by Gasteiger charge is -2.18. The number of oxazole rings is 1. The van der Waals surface area contributed by atoms with Crippen LogP contribution in [0, 0.1) is 0 Å². The fourth-order valence-electron chi connectivity index (χ4n) is 2.09. The minimum absolute atomic E-state index is 0.582. The molecule has 3 rings (SSSR count). The number of nitrogens with one attached hydrogen (secondary N) is 1. The van der Waals surface area contributed by atoms with Gasteiger partial charge in [-0.1, -0.05) is 6.92 Å². The molecule has 1 N–H and O–H groups in total. The van der Waals surface area contributed by atoms with Crippen LogP contribution < -0.4 is 14.8 Å². The Morgan fingerprint density at radius 2 is 2.05 bits per heavy atom. The van der Waals surface area contributed by atoms with Crippen LogP contribution in [-0.2, 0) is 6.54 Å². The van der Waals surface area contributed by atoms with Gasteiger partial charge in [-0.2, -0.15) is 0 Å². The van der Waals surface area contributed by atoms with Gasteiger partial charge >= 0.3 is 0 Å². The molecule has 5 heteroatoms. The minimum atomic E-state index is 0.582. The van der Waals surface area contributed by atoms with Crippen molar-refractivity contribution in [3.8, 4) is 22.8 Å². The quantitative estimate of drug-likeness (QED) is 0.849. The van der Waals surface area contributed by atoms with Crippen LogP contribution in [0.2, 0.25) is 0 Å². The van der Waals surface area contributed by atoms with E-state index in [-0.39, 0.29) is 0 Å². The summed E-state index contributed by atoms with van der Waals surface area (Å²) in [6.45, 7) is 4.92. The van der Waals surface area contributed by atoms with E-state index >= 15 is 0 Å². The first-order valence-electron chi connectivity index (χ1n) is 6.92. The summed E-state index contributed by atoms with van der Waals surface area (Å²) in [6, 6.07) is 5.79. The zero-order valence-corrected chi connectivity index (χ0v) is 11.5. The van der Waals surface area contributed by atoms with Crippen LogP contribution in [0.4, 0.5) is 0 Å². The molecule has 0 aliphatic carbocycles. The fourth-order valence-corrected chi connectivity index (χ4v) is 2.09. The first-order chi connectivity index (χ1) is 9.86. The number of fused-ring (bicyclic) bond motifs is 1. The molecule has 1 aliphatic rings. The van der Waals surface area contributed by atoms with Crippen LogP contribution in [0.5, 0.6) is 11.5 Å². The number of aromatic nitrogens is 1. The topological polar surface area (TPSA) is 56.5 Å². The maximum atomic E-state index is 5.74. The highest BCUT2D eigenvalue weighted by Crippen LogP contribution is 2.34. The van der Waals surface area contributed by atoms with Crippen molar-refractivity contribution < 1.29 is 13.9 Å². The van der Waals surface area contributed by atoms with E-state index in [0.29, 0.717) is 25.6 Å². The predicted octanol–water partition coefficient (Wildman–Crippen LogP) is 2.61. The molecule has 2 aromatic rings. The van der Waals surface area contributed by atoms with Gasteiger partial charge in [-0.05, 0) is 31.2 Å². The summed E-state index contributed by atoms with van der Waals surface area (Å²) in [4.78, 5) is 4.28. The second-order valence-electron chi connectivity index (χ2n) is 4.65. The lowest BCUT2D eigenvalue weighted by atomic mass is 10.1. The fraction of sp³-hybridized carbons (Fsp3) is 0.400. The molecule has 0 fully saturated rings. The van der Waals surface area contributed by atoms with Crippen molar-refractivity contribution in [1.82, 2.24) is 10.3 Å². The predicted molar refractivity (Wildman–Crippen MR) is 74.9 cm³/mol. The Kier molecular flexibility index (Phi) is 3.87. The molecule has 0 bridgehead atoms. The van der Waals surface area contributed by atoms with Gasteiger partial charge in [0.25, 0.3) is 0 Å². The van der Waals surface area contributed by atoms with Gasteiger partial charge in [-0.3, -0.25) is 0 Å². The lowest BCUT2D eigenvalue weighted by Crippen LogP contribution is -2.15. The second-order valence-corrected chi connectivity index (χ2v) is 4.65. The average molecular weight is 274 g/mol. The summed E-state index contributed by atoms with van der Waals surface area (Å²) in [5, 5.41) is 3.27. The van der Waals surface area contributed by atoms with E-state index in [1.165, 1.54) is 0 Å². The van der Waals surface area contributed by atoms with E-state index in [2.05, 4.69) is 17.2 Å². The number of benzene rings is 1. The molecule has 0 amide bonds. The second kappa shape index (κ2) is 5.96. The normalized spacial score (nSPS) is 13.4. The Morgan fingerprint density at radius 3 is 2.90 bits per heavy atom. The Bertz CT molecular complexity index is 580. The summed E-state index contributed by atoms with van der Waals surface area (Å²) < 4.78 is 16.8. The molecule has 0 saturated carbocycles. The molecule has 1 aromatic heterocycles. The van der Waals surface area contributed by atoms with Gasteiger partial charge in [0, 0.05) is 5.56 Å². The maximum Gasteiger partial charge on any atom is 0.208 e. The van der Waals surface area contributed by atoms with E-state index < -0.39 is 0 Å². The molecule has 0 spiro atoms. The Balaban J connectivity index is 1.75. The first-order valence-corrected chi connectivity index (χ1v) is 6.92. The van der Waals surface area contributed by atoms with E-state index in [0.717, 1.165) is 35.8 Å². The highest BCUT2D eigenvalue weighted by Gasteiger charge is 2.14. The minimum Gasteiger partial charge on any atom is -0.486 e. The third-order valence-corrected chi connectivity index (χ3v) is 3.08. The molecular formula is C15H18N2O3. The van der Waals surface area contributed by atoms with Crippen molar-refractivity contribution in [3.63, 3.8) is 0 Å². The third-order valence-electron chi connectivity index (χ3n) is 3.08. The van der Waals surface area contributed by atoms with Crippen molar-refractivity contribution in [2.45, 2.75) is 19.9 Å². The summed E-state index contributed by atoms with van der Waals surface area (Å²) in [5.41, 5.74) is 0.948. The van der Waals surface area contributed by atoms with Gasteiger partial charge in [0.2, 0.25) is 5.89 Å². The van der Waals surface area contributed by atoms with Gasteiger partial charge in [0.05, 0.1) is 12.7 Å². The van der Waals surface area contributed by atoms with Gasteiger partial charge in [-0.15, -0.1) is 0 Å². The maximum absolute atomic E-state index is 5.74. The summed E-state index contributed by atoms with van der Waals surface area (Å²) in [7, 11) is 0. The third kappa shape index (κ3) is 2.77. The zero-order chi connectivity index (χ0) is 13.8. The van der Waals surface area contributed by atoms with Crippen molar-refractivity contribution in [3.05, 3.63) is 30.3 Å². The molecule has 20 heavy (non-hydrogen) atoms. The van der Waals surface area contributed by atoms with Crippen molar-refractivity contribution in [1.29, 1.82) is 0 Å². The van der Waals surface area contributed by atoms with Gasteiger partial charge < -0.3 is 19.2 Å². The van der Waals surface area contributed by atoms with Crippen LogP contribution in [0.1, 0.15) is 19.2 Å². The molecule has 1 aromatic carbocycles. The molecular weight excluding hydrogens is 256 g/mol. The number of nitrogens with zero attached hydrogens (tertiary/aromatic N) is 1. The summed E-state index contributed by atoms with van der Waals surface area (Å²) in [6.07, 6.45) is 2.84. The van der Waals surface area contributed by atoms with Crippen molar-refractivity contribution >= 4 is 0 Å². The van der Waals surface area contributed by atoms with E-state index in [1.54, 1.807) is 6.20 Å². The van der Waals surface area contributed by atoms with Crippen LogP contribution in [-0.4, -0.2) is 24.7 Å². The van der Waals surface area contributed by atoms with Crippen LogP contribution in [0.15, 0.2) is 28.8 Å². The molecule has 2 heterocycles. The van der Waals surface area contributed by atoms with Gasteiger partial charge in [0.1, 0.15) is 13.2 Å². The molecule has 0 radical (unpaired) electrons. The standard InChI is InChI=1S/C15H18N2O3/c1-2-5-16-10-15-17-9-14(20-15)11-3-4-12-13(8-11)19-7-6-18-12/h3-4,8-9,16H,2,5-7,10H2,1H3. The zero-order valence-electron chi connectivity index (χ0n) is 11.5. The number of hydrogen-bond donors (Lipinski definition) is 1. The van der Waals surface area contributed by atoms with Crippen molar-refractivity contribution in [2.75, 3.05) is 19.8 Å². The SMILES string of the molecule is CCCNCc1ncc(-c2ccc3c(c2)OCCO3)o1. The van der Waals surface area contributed by atoms with E-state index in [9.17, 15) is 0 Å². The Hall–Kier alpha value is -2.01. The number of ether oxygens (including phenoxy) is 2. The van der Waals surface area contributed by atoms with Crippen LogP contribution in [0.25, 0.3) is 11.3 Å². The van der Waals surface area contributed by atoms with E-state index in [1.807, 2.05) is 18.2 Å². The van der Waals surface area contributed by atoms with Crippen LogP contribution >= 0.6 is 0 Å². The first kappa shape index (κ1) is 13.0. The molecule has 0 saturated heterocycles. The lowest BCUT2D eigenvalue weighted by molar-refractivity contribution is 0.171. The Morgan fingerprint density at radius 1 is 1.20 bits per heavy atom. The highest BCUT2D eigenvalue weighted by atomic mass is 16.6. The van der Waals surface area contributed by atoms with E-state index in [4.69, 9.17) is 13.9 Å². The molecule has 5 nitrogen and oxygen atoms in total. The average Bonchev–Trinajstić information content (AvgIpc) is 2.96. The summed E-state index contributed by atoms with van der Waals surface area (Å²) in [5.74, 6) is 2.98.